The van der Waals surface area contributed by atoms with Crippen LogP contribution < -0.4 is 5.32 Å². The molecule has 0 saturated carbocycles. The summed E-state index contributed by atoms with van der Waals surface area (Å²) < 4.78 is 54.0. The fourth-order valence-electron chi connectivity index (χ4n) is 12.8. The lowest BCUT2D eigenvalue weighted by Gasteiger charge is -2.52. The minimum absolute atomic E-state index is 0.0465. The summed E-state index contributed by atoms with van der Waals surface area (Å²) in [5.41, 5.74) is 1.44. The third-order valence-electron chi connectivity index (χ3n) is 15.8. The molecular weight excluding hydrogens is 787 g/mol. The highest BCUT2D eigenvalue weighted by Gasteiger charge is 2.64. The monoisotopic (exact) mass is 857 g/mol. The van der Waals surface area contributed by atoms with E-state index in [1.54, 1.807) is 6.08 Å². The number of carboxylic acid groups (broad SMARTS) is 1. The van der Waals surface area contributed by atoms with Crippen LogP contribution in [0, 0.1) is 29.6 Å². The average Bonchev–Trinajstić information content (AvgIpc) is 3.86. The van der Waals surface area contributed by atoms with Crippen LogP contribution in [-0.2, 0) is 42.7 Å². The normalized spacial score (nSPS) is 51.7. The topological polar surface area (TPSA) is 184 Å². The molecule has 20 unspecified atom stereocenters. The van der Waals surface area contributed by atoms with E-state index in [2.05, 4.69) is 46.5 Å². The van der Waals surface area contributed by atoms with E-state index in [0.29, 0.717) is 62.7 Å². The SMILES string of the molecule is C=C(CC12CC(C)CC(O1)C1OC3(CC1O2)NCC(C)CC3C)C1OC(O)(C(O)C2CC3OC4(CCC5(CC(C)=CC(C=CC(O)CC(=O)O)O5)O4)C(C)CC3O2)CCC1C. The summed E-state index contributed by atoms with van der Waals surface area (Å²) in [7, 11) is 0. The van der Waals surface area contributed by atoms with Gasteiger partial charge in [-0.25, -0.2) is 0 Å². The summed E-state index contributed by atoms with van der Waals surface area (Å²) in [4.78, 5) is 11.0. The number of aliphatic hydroxyl groups excluding tert-OH is 2. The van der Waals surface area contributed by atoms with E-state index in [-0.39, 0.29) is 55.2 Å². The highest BCUT2D eigenvalue weighted by Crippen LogP contribution is 2.56. The zero-order valence-corrected chi connectivity index (χ0v) is 37.0. The lowest BCUT2D eigenvalue weighted by atomic mass is 9.79. The number of aliphatic carboxylic acids is 1. The number of carboxylic acids is 1. The molecule has 14 nitrogen and oxygen atoms in total. The van der Waals surface area contributed by atoms with Gasteiger partial charge in [0.1, 0.15) is 17.9 Å². The van der Waals surface area contributed by atoms with Gasteiger partial charge in [-0.3, -0.25) is 10.1 Å². The predicted molar refractivity (Wildman–Crippen MR) is 220 cm³/mol. The van der Waals surface area contributed by atoms with Gasteiger partial charge in [-0.2, -0.15) is 0 Å². The van der Waals surface area contributed by atoms with Crippen LogP contribution in [0.4, 0.5) is 0 Å². The molecule has 9 aliphatic rings. The quantitative estimate of drug-likeness (QED) is 0.187. The molecule has 0 aromatic carbocycles. The molecule has 0 aromatic heterocycles. The maximum atomic E-state index is 12.2. The molecule has 3 spiro atoms. The van der Waals surface area contributed by atoms with Crippen LogP contribution in [0.1, 0.15) is 125 Å². The second-order valence-corrected chi connectivity index (χ2v) is 21.1. The van der Waals surface area contributed by atoms with E-state index in [0.717, 1.165) is 43.4 Å². The third kappa shape index (κ3) is 8.37. The molecular formula is C47H71NO13. The molecule has 61 heavy (non-hydrogen) atoms. The Balaban J connectivity index is 0.836. The van der Waals surface area contributed by atoms with Crippen molar-refractivity contribution in [1.82, 2.24) is 5.32 Å². The van der Waals surface area contributed by atoms with Gasteiger partial charge in [-0.05, 0) is 61.9 Å². The Kier molecular flexibility index (Phi) is 11.8. The summed E-state index contributed by atoms with van der Waals surface area (Å²) in [6.45, 7) is 18.5. The Morgan fingerprint density at radius 1 is 0.902 bits per heavy atom. The summed E-state index contributed by atoms with van der Waals surface area (Å²) in [5, 5.41) is 47.0. The van der Waals surface area contributed by atoms with Crippen LogP contribution in [0.2, 0.25) is 0 Å². The minimum Gasteiger partial charge on any atom is -0.481 e. The van der Waals surface area contributed by atoms with Gasteiger partial charge in [0.15, 0.2) is 23.1 Å². The van der Waals surface area contributed by atoms with E-state index >= 15 is 0 Å². The Labute approximate surface area is 360 Å². The van der Waals surface area contributed by atoms with Crippen LogP contribution in [0.5, 0.6) is 0 Å². The van der Waals surface area contributed by atoms with Crippen LogP contribution in [0.25, 0.3) is 0 Å². The maximum Gasteiger partial charge on any atom is 0.306 e. The van der Waals surface area contributed by atoms with Gasteiger partial charge in [0, 0.05) is 63.8 Å². The largest absolute Gasteiger partial charge is 0.481 e. The minimum atomic E-state index is -1.86. The molecule has 2 bridgehead atoms. The molecule has 20 atom stereocenters. The molecule has 9 heterocycles. The van der Waals surface area contributed by atoms with Crippen molar-refractivity contribution in [3.63, 3.8) is 0 Å². The number of fused-ring (bicyclic) bond motifs is 5. The number of nitrogens with one attached hydrogen (secondary N) is 1. The van der Waals surface area contributed by atoms with Crippen LogP contribution >= 0.6 is 0 Å². The Bertz CT molecular complexity index is 1740. The van der Waals surface area contributed by atoms with Crippen molar-refractivity contribution in [3.8, 4) is 0 Å². The Morgan fingerprint density at radius 2 is 1.69 bits per heavy atom. The van der Waals surface area contributed by atoms with E-state index < -0.39 is 65.4 Å². The number of ether oxygens (including phenoxy) is 8. The standard InChI is InChI=1S/C47H71NO13/c1-25-15-33(9-8-32(49)18-39(50)51)55-43(20-25)12-13-47(61-43)31(7)17-34-35(58-47)19-37(54-34)42(52)46(53)11-10-28(4)40(60-46)29(5)22-44-21-26(2)16-36(56-44)41-38(57-44)23-45(59-41)30(6)14-27(3)24-48-45/h8-9,15,26-28,30-38,40-42,48-49,52-53H,5,10-14,16-24H2,1-4,6-7H3,(H,50,51). The Hall–Kier alpha value is -1.79. The van der Waals surface area contributed by atoms with Gasteiger partial charge in [-0.15, -0.1) is 0 Å². The first kappa shape index (κ1) is 44.4. The van der Waals surface area contributed by atoms with Crippen LogP contribution in [0.3, 0.4) is 0 Å². The van der Waals surface area contributed by atoms with Crippen molar-refractivity contribution in [2.45, 2.75) is 215 Å². The van der Waals surface area contributed by atoms with Gasteiger partial charge in [0.25, 0.3) is 0 Å². The van der Waals surface area contributed by atoms with Crippen molar-refractivity contribution in [3.05, 3.63) is 36.0 Å². The van der Waals surface area contributed by atoms with E-state index in [1.807, 2.05) is 13.0 Å². The molecule has 8 fully saturated rings. The Morgan fingerprint density at radius 3 is 2.46 bits per heavy atom. The highest BCUT2D eigenvalue weighted by molar-refractivity contribution is 5.67. The number of aliphatic hydroxyl groups is 3. The predicted octanol–water partition coefficient (Wildman–Crippen LogP) is 5.37. The zero-order valence-electron chi connectivity index (χ0n) is 37.0. The smallest absolute Gasteiger partial charge is 0.306 e. The highest BCUT2D eigenvalue weighted by atomic mass is 16.8. The summed E-state index contributed by atoms with van der Waals surface area (Å²) in [6, 6.07) is 0. The first-order valence-corrected chi connectivity index (χ1v) is 23.3. The fourth-order valence-corrected chi connectivity index (χ4v) is 12.8. The number of hydrogen-bond acceptors (Lipinski definition) is 13. The molecule has 5 N–H and O–H groups in total. The van der Waals surface area contributed by atoms with Gasteiger partial charge < -0.3 is 58.3 Å². The van der Waals surface area contributed by atoms with E-state index in [1.165, 1.54) is 6.08 Å². The average molecular weight is 858 g/mol. The number of carbonyl (C=O) groups is 1. The van der Waals surface area contributed by atoms with Gasteiger partial charge in [0.2, 0.25) is 0 Å². The van der Waals surface area contributed by atoms with E-state index in [4.69, 9.17) is 43.0 Å². The van der Waals surface area contributed by atoms with Gasteiger partial charge in [-0.1, -0.05) is 65.0 Å². The molecule has 9 rings (SSSR count). The van der Waals surface area contributed by atoms with Crippen molar-refractivity contribution >= 4 is 5.97 Å². The molecule has 342 valence electrons. The molecule has 0 aromatic rings. The van der Waals surface area contributed by atoms with Crippen molar-refractivity contribution < 1.29 is 63.1 Å². The first-order valence-electron chi connectivity index (χ1n) is 23.3. The van der Waals surface area contributed by atoms with Crippen LogP contribution in [0.15, 0.2) is 36.0 Å². The third-order valence-corrected chi connectivity index (χ3v) is 15.8. The van der Waals surface area contributed by atoms with E-state index in [9.17, 15) is 20.1 Å². The molecule has 8 saturated heterocycles. The van der Waals surface area contributed by atoms with Crippen LogP contribution in [-0.4, -0.2) is 123 Å². The lowest BCUT2D eigenvalue weighted by molar-refractivity contribution is -0.366. The van der Waals surface area contributed by atoms with Crippen molar-refractivity contribution in [2.24, 2.45) is 29.6 Å². The molecule has 9 aliphatic heterocycles. The van der Waals surface area contributed by atoms with Crippen molar-refractivity contribution in [1.29, 1.82) is 0 Å². The molecule has 0 radical (unpaired) electrons. The summed E-state index contributed by atoms with van der Waals surface area (Å²) in [6.07, 6.45) is 7.09. The maximum absolute atomic E-state index is 12.2. The number of hydrogen-bond donors (Lipinski definition) is 5. The molecule has 0 amide bonds. The summed E-state index contributed by atoms with van der Waals surface area (Å²) in [5.74, 6) is -4.36. The lowest BCUT2D eigenvalue weighted by Crippen LogP contribution is -2.60. The van der Waals surface area contributed by atoms with Gasteiger partial charge >= 0.3 is 5.97 Å². The first-order chi connectivity index (χ1) is 28.8. The molecule has 0 aliphatic carbocycles. The van der Waals surface area contributed by atoms with Crippen molar-refractivity contribution in [2.75, 3.05) is 6.54 Å². The number of rotatable bonds is 9. The second-order valence-electron chi connectivity index (χ2n) is 21.1. The van der Waals surface area contributed by atoms with Gasteiger partial charge in [0.05, 0.1) is 55.3 Å². The summed E-state index contributed by atoms with van der Waals surface area (Å²) >= 11 is 0. The number of piperidine rings is 1. The second kappa shape index (κ2) is 16.3. The fraction of sp³-hybridized carbons (Fsp3) is 0.851. The zero-order chi connectivity index (χ0) is 43.3. The molecule has 14 heteroatoms.